The number of alkyl carbamates (subject to hydrolysis) is 1. The van der Waals surface area contributed by atoms with Crippen LogP contribution in [0.4, 0.5) is 9.18 Å². The van der Waals surface area contributed by atoms with E-state index in [0.717, 1.165) is 28.5 Å². The lowest BCUT2D eigenvalue weighted by atomic mass is 9.81. The fourth-order valence-electron chi connectivity index (χ4n) is 8.00. The minimum atomic E-state index is -1.97. The van der Waals surface area contributed by atoms with E-state index in [1.54, 1.807) is 46.1 Å². The minimum absolute atomic E-state index is 0.0236. The number of aromatic nitrogens is 2. The molecule has 2 aromatic heterocycles. The number of hydrogen-bond donors (Lipinski definition) is 2. The number of fused-ring (bicyclic) bond motifs is 6. The van der Waals surface area contributed by atoms with Crippen LogP contribution in [0.2, 0.25) is 0 Å². The number of cyclic esters (lactones) is 1. The molecule has 4 aromatic rings. The highest BCUT2D eigenvalue weighted by Gasteiger charge is 2.46. The van der Waals surface area contributed by atoms with Crippen molar-refractivity contribution in [2.75, 3.05) is 6.26 Å². The predicted octanol–water partition coefficient (Wildman–Crippen LogP) is 5.79. The third-order valence-electron chi connectivity index (χ3n) is 10.5. The highest BCUT2D eigenvalue weighted by molar-refractivity contribution is 8.76. The van der Waals surface area contributed by atoms with E-state index < -0.39 is 23.7 Å². The van der Waals surface area contributed by atoms with E-state index in [-0.39, 0.29) is 53.4 Å². The number of pyridine rings is 2. The molecule has 0 saturated carbocycles. The van der Waals surface area contributed by atoms with Gasteiger partial charge in [0.05, 0.1) is 40.3 Å². The van der Waals surface area contributed by atoms with Crippen molar-refractivity contribution in [3.8, 4) is 11.4 Å². The lowest BCUT2D eigenvalue weighted by Gasteiger charge is -2.33. The van der Waals surface area contributed by atoms with E-state index in [4.69, 9.17) is 14.5 Å². The van der Waals surface area contributed by atoms with E-state index in [9.17, 15) is 19.5 Å². The van der Waals surface area contributed by atoms with Crippen molar-refractivity contribution < 1.29 is 28.6 Å². The smallest absolute Gasteiger partial charge is 0.407 e. The second-order valence-corrected chi connectivity index (χ2v) is 15.7. The molecule has 0 bridgehead atoms. The molecule has 0 spiro atoms. The molecular formula is C36H34FN3O6S2. The van der Waals surface area contributed by atoms with Crippen molar-refractivity contribution in [2.24, 2.45) is 0 Å². The summed E-state index contributed by atoms with van der Waals surface area (Å²) in [6.45, 7) is 3.34. The van der Waals surface area contributed by atoms with Crippen LogP contribution in [-0.4, -0.2) is 44.3 Å². The third kappa shape index (κ3) is 4.70. The quantitative estimate of drug-likeness (QED) is 0.175. The summed E-state index contributed by atoms with van der Waals surface area (Å²) < 4.78 is 28.2. The standard InChI is InChI=1S/C36H34FN3O6S2/c1-4-36(44)23-13-27-32-21(15-40(27)33(41)22(23)16-45-34(36)42)31-25(10-9-20-17(2)24(37)14-26(38-32)30(20)31)39-35(43)46-28-11-18-7-5-6-8-19(18)12-29(28)48-47-3/h5-8,13-14,25,28-29,44H,4,9-12,15-16H2,1-3H3,(H,39,43)/t25-,28+,29+,36-/m0/s1. The summed E-state index contributed by atoms with van der Waals surface area (Å²) in [6.07, 6.45) is 3.68. The Balaban J connectivity index is 1.21. The SMILES string of the molecule is CC[C@@]1(O)C(=O)OCc2c1cc1n(c2=O)Cc2c-1nc1cc(F)c(C)c3c1c2[C@@H](NC(=O)O[C@@H]1Cc2ccccc2C[C@H]1SSC)CC3. The molecule has 12 heteroatoms. The first kappa shape index (κ1) is 31.4. The van der Waals surface area contributed by atoms with Gasteiger partial charge in [0.1, 0.15) is 18.5 Å². The van der Waals surface area contributed by atoms with Crippen LogP contribution in [0.15, 0.2) is 41.2 Å². The zero-order chi connectivity index (χ0) is 33.5. The average molecular weight is 688 g/mol. The maximum Gasteiger partial charge on any atom is 0.407 e. The molecule has 4 heterocycles. The van der Waals surface area contributed by atoms with Gasteiger partial charge in [-0.3, -0.25) is 4.79 Å². The van der Waals surface area contributed by atoms with Crippen molar-refractivity contribution in [3.63, 3.8) is 0 Å². The van der Waals surface area contributed by atoms with Gasteiger partial charge in [0.15, 0.2) is 5.60 Å². The molecule has 0 unspecified atom stereocenters. The molecule has 0 fully saturated rings. The predicted molar refractivity (Wildman–Crippen MR) is 182 cm³/mol. The van der Waals surface area contributed by atoms with Gasteiger partial charge in [0.25, 0.3) is 5.56 Å². The average Bonchev–Trinajstić information content (AvgIpc) is 3.45. The lowest BCUT2D eigenvalue weighted by molar-refractivity contribution is -0.172. The topological polar surface area (TPSA) is 120 Å². The molecule has 2 aliphatic heterocycles. The molecule has 4 atom stereocenters. The Morgan fingerprint density at radius 3 is 2.71 bits per heavy atom. The molecular weight excluding hydrogens is 654 g/mol. The van der Waals surface area contributed by atoms with Crippen LogP contribution < -0.4 is 10.9 Å². The van der Waals surface area contributed by atoms with Gasteiger partial charge in [0, 0.05) is 29.0 Å². The minimum Gasteiger partial charge on any atom is -0.458 e. The first-order valence-corrected chi connectivity index (χ1v) is 18.8. The molecule has 1 amide bonds. The summed E-state index contributed by atoms with van der Waals surface area (Å²) in [5, 5.41) is 15.3. The Bertz CT molecular complexity index is 2120. The van der Waals surface area contributed by atoms with Crippen LogP contribution in [0.5, 0.6) is 0 Å². The Morgan fingerprint density at radius 1 is 1.19 bits per heavy atom. The van der Waals surface area contributed by atoms with Crippen molar-refractivity contribution in [1.82, 2.24) is 14.9 Å². The van der Waals surface area contributed by atoms with Crippen LogP contribution in [0.1, 0.15) is 70.3 Å². The fourth-order valence-corrected chi connectivity index (χ4v) is 10.1. The Hall–Kier alpha value is -3.87. The molecule has 248 valence electrons. The van der Waals surface area contributed by atoms with E-state index in [2.05, 4.69) is 17.4 Å². The maximum atomic E-state index is 15.3. The maximum absolute atomic E-state index is 15.3. The summed E-state index contributed by atoms with van der Waals surface area (Å²) in [5.41, 5.74) is 4.77. The lowest BCUT2D eigenvalue weighted by Crippen LogP contribution is -2.44. The van der Waals surface area contributed by atoms with Gasteiger partial charge in [-0.2, -0.15) is 0 Å². The van der Waals surface area contributed by atoms with Crippen LogP contribution in [0.3, 0.4) is 0 Å². The molecule has 0 saturated heterocycles. The summed E-state index contributed by atoms with van der Waals surface area (Å²) in [7, 11) is 3.37. The summed E-state index contributed by atoms with van der Waals surface area (Å²) in [6, 6.07) is 10.8. The summed E-state index contributed by atoms with van der Waals surface area (Å²) >= 11 is 0. The van der Waals surface area contributed by atoms with Gasteiger partial charge in [-0.15, -0.1) is 0 Å². The number of hydrogen-bond acceptors (Lipinski definition) is 9. The van der Waals surface area contributed by atoms with E-state index in [0.29, 0.717) is 41.7 Å². The number of nitrogens with zero attached hydrogens (tertiary/aromatic N) is 2. The molecule has 2 aliphatic carbocycles. The van der Waals surface area contributed by atoms with Gasteiger partial charge in [-0.1, -0.05) is 52.8 Å². The number of aryl methyl sites for hydroxylation is 1. The zero-order valence-electron chi connectivity index (χ0n) is 26.7. The Kier molecular flexibility index (Phi) is 7.61. The number of amides is 1. The number of halogens is 1. The number of carbonyl (C=O) groups excluding carboxylic acids is 2. The molecule has 2 aromatic carbocycles. The highest BCUT2D eigenvalue weighted by atomic mass is 33.1. The van der Waals surface area contributed by atoms with E-state index in [1.807, 2.05) is 18.4 Å². The van der Waals surface area contributed by atoms with Crippen molar-refractivity contribution >= 4 is 44.6 Å². The number of carbonyl (C=O) groups is 2. The van der Waals surface area contributed by atoms with Crippen molar-refractivity contribution in [1.29, 1.82) is 0 Å². The number of aliphatic hydroxyl groups is 1. The second kappa shape index (κ2) is 11.6. The highest BCUT2D eigenvalue weighted by Crippen LogP contribution is 2.46. The Labute approximate surface area is 284 Å². The molecule has 0 radical (unpaired) electrons. The normalized spacial score (nSPS) is 23.5. The second-order valence-electron chi connectivity index (χ2n) is 13.0. The van der Waals surface area contributed by atoms with Gasteiger partial charge in [-0.05, 0) is 72.7 Å². The van der Waals surface area contributed by atoms with Crippen LogP contribution >= 0.6 is 21.6 Å². The summed E-state index contributed by atoms with van der Waals surface area (Å²) in [5.74, 6) is -1.17. The first-order chi connectivity index (χ1) is 23.1. The number of esters is 1. The number of nitrogens with one attached hydrogen (secondary N) is 1. The number of rotatable bonds is 5. The van der Waals surface area contributed by atoms with Crippen LogP contribution in [0.25, 0.3) is 22.3 Å². The zero-order valence-corrected chi connectivity index (χ0v) is 28.4. The number of ether oxygens (including phenoxy) is 2. The van der Waals surface area contributed by atoms with Crippen LogP contribution in [-0.2, 0) is 52.3 Å². The fraction of sp³-hybridized carbons (Fsp3) is 0.389. The molecule has 9 nitrogen and oxygen atoms in total. The third-order valence-corrected chi connectivity index (χ3v) is 12.8. The van der Waals surface area contributed by atoms with Gasteiger partial charge >= 0.3 is 12.1 Å². The van der Waals surface area contributed by atoms with Gasteiger partial charge in [0.2, 0.25) is 0 Å². The Morgan fingerprint density at radius 2 is 1.96 bits per heavy atom. The summed E-state index contributed by atoms with van der Waals surface area (Å²) in [4.78, 5) is 45.2. The van der Waals surface area contributed by atoms with Gasteiger partial charge < -0.3 is 24.5 Å². The van der Waals surface area contributed by atoms with Crippen molar-refractivity contribution in [2.45, 2.75) is 82.1 Å². The molecule has 2 N–H and O–H groups in total. The van der Waals surface area contributed by atoms with E-state index >= 15 is 4.39 Å². The number of benzene rings is 2. The van der Waals surface area contributed by atoms with Crippen LogP contribution in [0, 0.1) is 12.7 Å². The van der Waals surface area contributed by atoms with E-state index in [1.165, 1.54) is 17.2 Å². The van der Waals surface area contributed by atoms with Gasteiger partial charge in [-0.25, -0.2) is 19.0 Å². The monoisotopic (exact) mass is 687 g/mol. The molecule has 8 rings (SSSR count). The molecule has 48 heavy (non-hydrogen) atoms. The first-order valence-electron chi connectivity index (χ1n) is 16.2. The largest absolute Gasteiger partial charge is 0.458 e. The molecule has 4 aliphatic rings. The van der Waals surface area contributed by atoms with Crippen molar-refractivity contribution in [3.05, 3.63) is 97.1 Å².